The van der Waals surface area contributed by atoms with Crippen LogP contribution in [0, 0.1) is 5.92 Å². The molecule has 32 heavy (non-hydrogen) atoms. The van der Waals surface area contributed by atoms with Gasteiger partial charge < -0.3 is 20.7 Å². The molecule has 3 rings (SSSR count). The van der Waals surface area contributed by atoms with Crippen molar-refractivity contribution in [2.45, 2.75) is 65.8 Å². The molecule has 1 aromatic heterocycles. The van der Waals surface area contributed by atoms with Crippen molar-refractivity contribution in [1.29, 1.82) is 0 Å². The number of nitrogens with zero attached hydrogens (tertiary/aromatic N) is 4. The first-order valence-corrected chi connectivity index (χ1v) is 11.4. The lowest BCUT2D eigenvalue weighted by atomic mass is 10.1. The van der Waals surface area contributed by atoms with E-state index in [2.05, 4.69) is 33.0 Å². The number of rotatable bonds is 9. The summed E-state index contributed by atoms with van der Waals surface area (Å²) in [7, 11) is 1.65. The van der Waals surface area contributed by atoms with Crippen LogP contribution in [0.25, 0.3) is 0 Å². The van der Waals surface area contributed by atoms with Crippen molar-refractivity contribution < 1.29 is 9.53 Å². The number of guanidine groups is 1. The Kier molecular flexibility index (Phi) is 8.61. The molecule has 0 radical (unpaired) electrons. The Hall–Kier alpha value is -2.94. The molecule has 0 fully saturated rings. The van der Waals surface area contributed by atoms with E-state index in [-0.39, 0.29) is 17.9 Å². The summed E-state index contributed by atoms with van der Waals surface area (Å²) in [6, 6.07) is 8.08. The fraction of sp³-hybridized carbons (Fsp3) is 0.565. The third kappa shape index (κ3) is 6.53. The van der Waals surface area contributed by atoms with Crippen molar-refractivity contribution in [3.05, 3.63) is 41.5 Å². The Bertz CT molecular complexity index is 925. The summed E-state index contributed by atoms with van der Waals surface area (Å²) in [6.45, 7) is 8.46. The van der Waals surface area contributed by atoms with Gasteiger partial charge in [-0.05, 0) is 37.5 Å². The number of aliphatic imine (C=N–C) groups is 1. The van der Waals surface area contributed by atoms with Crippen molar-refractivity contribution >= 4 is 17.6 Å². The molecule has 1 aromatic carbocycles. The zero-order chi connectivity index (χ0) is 22.9. The molecule has 2 unspecified atom stereocenters. The van der Waals surface area contributed by atoms with E-state index < -0.39 is 0 Å². The number of nitrogens with one attached hydrogen (secondary N) is 3. The van der Waals surface area contributed by atoms with Gasteiger partial charge >= 0.3 is 0 Å². The Balaban J connectivity index is 1.61. The zero-order valence-corrected chi connectivity index (χ0v) is 19.5. The van der Waals surface area contributed by atoms with Crippen molar-refractivity contribution in [1.82, 2.24) is 25.4 Å². The molecule has 0 spiro atoms. The van der Waals surface area contributed by atoms with Crippen molar-refractivity contribution in [2.24, 2.45) is 10.9 Å². The first-order chi connectivity index (χ1) is 15.5. The molecule has 1 aliphatic rings. The zero-order valence-electron chi connectivity index (χ0n) is 19.5. The van der Waals surface area contributed by atoms with Gasteiger partial charge in [-0.15, -0.1) is 0 Å². The standard InChI is InChI=1S/C23H35N7O2/c1-5-16(3)22(31)26-18-9-7-8-17(12-18)13-25-23(24-6-2)27-19-10-11-21-28-20(15-32-4)29-30(21)14-19/h7-9,12,16,19H,5-6,10-11,13-15H2,1-4H3,(H,26,31)(H2,24,25,27). The van der Waals surface area contributed by atoms with Crippen LogP contribution in [0.2, 0.25) is 0 Å². The van der Waals surface area contributed by atoms with Crippen LogP contribution < -0.4 is 16.0 Å². The van der Waals surface area contributed by atoms with Crippen LogP contribution in [0.15, 0.2) is 29.3 Å². The molecule has 2 aromatic rings. The van der Waals surface area contributed by atoms with Gasteiger partial charge in [0.1, 0.15) is 12.4 Å². The number of hydrogen-bond acceptors (Lipinski definition) is 5. The van der Waals surface area contributed by atoms with Gasteiger partial charge in [-0.3, -0.25) is 4.79 Å². The topological polar surface area (TPSA) is 105 Å². The SMILES string of the molecule is CCNC(=NCc1cccc(NC(=O)C(C)CC)c1)NC1CCc2nc(COC)nn2C1. The van der Waals surface area contributed by atoms with Crippen LogP contribution in [0.1, 0.15) is 50.8 Å². The van der Waals surface area contributed by atoms with Gasteiger partial charge in [-0.1, -0.05) is 26.0 Å². The highest BCUT2D eigenvalue weighted by Crippen LogP contribution is 2.15. The van der Waals surface area contributed by atoms with Crippen LogP contribution in [-0.4, -0.2) is 46.3 Å². The monoisotopic (exact) mass is 441 g/mol. The van der Waals surface area contributed by atoms with E-state index in [1.807, 2.05) is 42.8 Å². The number of benzene rings is 1. The third-order valence-corrected chi connectivity index (χ3v) is 5.53. The number of aryl methyl sites for hydroxylation is 1. The summed E-state index contributed by atoms with van der Waals surface area (Å²) >= 11 is 0. The summed E-state index contributed by atoms with van der Waals surface area (Å²) in [4.78, 5) is 21.5. The van der Waals surface area contributed by atoms with Crippen LogP contribution >= 0.6 is 0 Å². The van der Waals surface area contributed by atoms with E-state index >= 15 is 0 Å². The van der Waals surface area contributed by atoms with Gasteiger partial charge in [0, 0.05) is 37.7 Å². The second kappa shape index (κ2) is 11.6. The average molecular weight is 442 g/mol. The van der Waals surface area contributed by atoms with Gasteiger partial charge in [0.15, 0.2) is 11.8 Å². The third-order valence-electron chi connectivity index (χ3n) is 5.53. The highest BCUT2D eigenvalue weighted by molar-refractivity contribution is 5.92. The molecular formula is C23H35N7O2. The number of fused-ring (bicyclic) bond motifs is 1. The van der Waals surface area contributed by atoms with Gasteiger partial charge in [0.25, 0.3) is 0 Å². The summed E-state index contributed by atoms with van der Waals surface area (Å²) in [6.07, 6.45) is 2.65. The molecule has 0 bridgehead atoms. The normalized spacial score (nSPS) is 16.9. The number of hydrogen-bond donors (Lipinski definition) is 3. The largest absolute Gasteiger partial charge is 0.377 e. The van der Waals surface area contributed by atoms with Gasteiger partial charge in [0.2, 0.25) is 5.91 Å². The van der Waals surface area contributed by atoms with E-state index in [4.69, 9.17) is 9.73 Å². The Labute approximate surface area is 190 Å². The smallest absolute Gasteiger partial charge is 0.227 e. The quantitative estimate of drug-likeness (QED) is 0.408. The summed E-state index contributed by atoms with van der Waals surface area (Å²) < 4.78 is 7.10. The predicted octanol–water partition coefficient (Wildman–Crippen LogP) is 2.48. The van der Waals surface area contributed by atoms with E-state index in [1.54, 1.807) is 7.11 Å². The van der Waals surface area contributed by atoms with Crippen LogP contribution in [0.4, 0.5) is 5.69 Å². The van der Waals surface area contributed by atoms with Crippen LogP contribution in [0.5, 0.6) is 0 Å². The molecule has 2 atom stereocenters. The lowest BCUT2D eigenvalue weighted by molar-refractivity contribution is -0.119. The lowest BCUT2D eigenvalue weighted by Gasteiger charge is -2.25. The number of methoxy groups -OCH3 is 1. The summed E-state index contributed by atoms with van der Waals surface area (Å²) in [5, 5.41) is 14.4. The maximum Gasteiger partial charge on any atom is 0.227 e. The average Bonchev–Trinajstić information content (AvgIpc) is 3.19. The molecule has 9 nitrogen and oxygen atoms in total. The van der Waals surface area contributed by atoms with Crippen molar-refractivity contribution in [3.8, 4) is 0 Å². The fourth-order valence-electron chi connectivity index (χ4n) is 3.55. The molecule has 1 aliphatic heterocycles. The van der Waals surface area contributed by atoms with E-state index in [1.165, 1.54) is 0 Å². The molecule has 0 saturated carbocycles. The highest BCUT2D eigenvalue weighted by atomic mass is 16.5. The summed E-state index contributed by atoms with van der Waals surface area (Å²) in [5.74, 6) is 2.54. The number of amides is 1. The number of anilines is 1. The van der Waals surface area contributed by atoms with Crippen molar-refractivity contribution in [3.63, 3.8) is 0 Å². The van der Waals surface area contributed by atoms with E-state index in [9.17, 15) is 4.79 Å². The first kappa shape index (κ1) is 23.7. The van der Waals surface area contributed by atoms with Crippen molar-refractivity contribution in [2.75, 3.05) is 19.0 Å². The number of ether oxygens (including phenoxy) is 1. The molecule has 2 heterocycles. The molecule has 9 heteroatoms. The predicted molar refractivity (Wildman–Crippen MR) is 125 cm³/mol. The van der Waals surface area contributed by atoms with Crippen LogP contribution in [0.3, 0.4) is 0 Å². The fourth-order valence-corrected chi connectivity index (χ4v) is 3.55. The van der Waals surface area contributed by atoms with E-state index in [0.717, 1.165) is 61.2 Å². The maximum absolute atomic E-state index is 12.2. The number of aromatic nitrogens is 3. The minimum atomic E-state index is -0.00666. The Morgan fingerprint density at radius 3 is 2.97 bits per heavy atom. The number of carbonyl (C=O) groups is 1. The highest BCUT2D eigenvalue weighted by Gasteiger charge is 2.22. The molecular weight excluding hydrogens is 406 g/mol. The van der Waals surface area contributed by atoms with E-state index in [0.29, 0.717) is 13.2 Å². The van der Waals surface area contributed by atoms with Crippen LogP contribution in [-0.2, 0) is 35.6 Å². The van der Waals surface area contributed by atoms with Gasteiger partial charge in [-0.25, -0.2) is 14.7 Å². The number of carbonyl (C=O) groups excluding carboxylic acids is 1. The molecule has 3 N–H and O–H groups in total. The van der Waals surface area contributed by atoms with Gasteiger partial charge in [-0.2, -0.15) is 5.10 Å². The minimum absolute atomic E-state index is 0.00666. The minimum Gasteiger partial charge on any atom is -0.377 e. The first-order valence-electron chi connectivity index (χ1n) is 11.4. The Morgan fingerprint density at radius 2 is 2.22 bits per heavy atom. The molecule has 1 amide bonds. The van der Waals surface area contributed by atoms with Gasteiger partial charge in [0.05, 0.1) is 13.1 Å². The molecule has 0 saturated heterocycles. The second-order valence-electron chi connectivity index (χ2n) is 8.13. The molecule has 174 valence electrons. The molecule has 0 aliphatic carbocycles. The summed E-state index contributed by atoms with van der Waals surface area (Å²) in [5.41, 5.74) is 1.84. The maximum atomic E-state index is 12.2. The second-order valence-corrected chi connectivity index (χ2v) is 8.13. The Morgan fingerprint density at radius 1 is 1.38 bits per heavy atom. The lowest BCUT2D eigenvalue weighted by Crippen LogP contribution is -2.47.